The van der Waals surface area contributed by atoms with Crippen molar-refractivity contribution in [2.75, 3.05) is 26.8 Å². The Morgan fingerprint density at radius 3 is 2.77 bits per heavy atom. The maximum Gasteiger partial charge on any atom is 0.0587 e. The summed E-state index contributed by atoms with van der Waals surface area (Å²) in [6, 6.07) is 0. The summed E-state index contributed by atoms with van der Waals surface area (Å²) in [5.41, 5.74) is 1.42. The Labute approximate surface area is 82.4 Å². The van der Waals surface area contributed by atoms with Crippen molar-refractivity contribution >= 4 is 0 Å². The van der Waals surface area contributed by atoms with Crippen LogP contribution < -0.4 is 5.32 Å². The lowest BCUT2D eigenvalue weighted by atomic mass is 10.1. The average Bonchev–Trinajstić information content (AvgIpc) is 2.12. The number of allylic oxidation sites excluding steroid dienone is 1. The highest BCUT2D eigenvalue weighted by Gasteiger charge is 1.94. The average molecular weight is 185 g/mol. The van der Waals surface area contributed by atoms with Gasteiger partial charge in [0.05, 0.1) is 6.61 Å². The molecule has 0 rings (SSSR count). The highest BCUT2D eigenvalue weighted by Crippen LogP contribution is 2.05. The van der Waals surface area contributed by atoms with Crippen LogP contribution in [0.1, 0.15) is 27.2 Å². The monoisotopic (exact) mass is 185 g/mol. The Morgan fingerprint density at radius 1 is 1.54 bits per heavy atom. The number of nitrogens with one attached hydrogen (secondary N) is 1. The molecule has 0 aromatic rings. The Bertz CT molecular complexity index is 143. The van der Waals surface area contributed by atoms with E-state index in [-0.39, 0.29) is 0 Å². The van der Waals surface area contributed by atoms with Gasteiger partial charge in [-0.15, -0.1) is 0 Å². The molecule has 1 unspecified atom stereocenters. The van der Waals surface area contributed by atoms with Gasteiger partial charge in [0, 0.05) is 20.2 Å². The van der Waals surface area contributed by atoms with Crippen LogP contribution in [-0.2, 0) is 4.74 Å². The topological polar surface area (TPSA) is 21.3 Å². The van der Waals surface area contributed by atoms with E-state index in [2.05, 4.69) is 32.2 Å². The summed E-state index contributed by atoms with van der Waals surface area (Å²) in [5.74, 6) is 0.698. The molecule has 0 saturated heterocycles. The van der Waals surface area contributed by atoms with Crippen LogP contribution in [0.4, 0.5) is 0 Å². The van der Waals surface area contributed by atoms with Crippen molar-refractivity contribution < 1.29 is 4.74 Å². The third kappa shape index (κ3) is 8.00. The van der Waals surface area contributed by atoms with Gasteiger partial charge in [0.25, 0.3) is 0 Å². The van der Waals surface area contributed by atoms with E-state index in [0.717, 1.165) is 19.7 Å². The molecule has 0 heterocycles. The summed E-state index contributed by atoms with van der Waals surface area (Å²) in [4.78, 5) is 0. The zero-order chi connectivity index (χ0) is 10.1. The molecule has 2 nitrogen and oxygen atoms in total. The minimum absolute atomic E-state index is 0.698. The molecule has 78 valence electrons. The Morgan fingerprint density at radius 2 is 2.23 bits per heavy atom. The van der Waals surface area contributed by atoms with E-state index >= 15 is 0 Å². The van der Waals surface area contributed by atoms with Crippen molar-refractivity contribution in [3.63, 3.8) is 0 Å². The molecule has 0 fully saturated rings. The molecule has 0 spiro atoms. The second-order valence-electron chi connectivity index (χ2n) is 3.57. The van der Waals surface area contributed by atoms with Crippen LogP contribution in [0.25, 0.3) is 0 Å². The molecule has 1 N–H and O–H groups in total. The first-order valence-electron chi connectivity index (χ1n) is 5.07. The molecule has 0 amide bonds. The first-order valence-corrected chi connectivity index (χ1v) is 5.07. The third-order valence-electron chi connectivity index (χ3n) is 2.10. The van der Waals surface area contributed by atoms with E-state index in [1.807, 2.05) is 0 Å². The summed E-state index contributed by atoms with van der Waals surface area (Å²) < 4.78 is 4.94. The smallest absolute Gasteiger partial charge is 0.0587 e. The minimum atomic E-state index is 0.698. The third-order valence-corrected chi connectivity index (χ3v) is 2.10. The second kappa shape index (κ2) is 8.27. The highest BCUT2D eigenvalue weighted by atomic mass is 16.5. The zero-order valence-corrected chi connectivity index (χ0v) is 9.39. The van der Waals surface area contributed by atoms with Gasteiger partial charge in [-0.1, -0.05) is 31.9 Å². The van der Waals surface area contributed by atoms with Crippen LogP contribution in [0.5, 0.6) is 0 Å². The van der Waals surface area contributed by atoms with Crippen molar-refractivity contribution in [2.45, 2.75) is 27.2 Å². The molecule has 0 bridgehead atoms. The maximum absolute atomic E-state index is 4.94. The molecule has 0 aliphatic heterocycles. The predicted molar refractivity (Wildman–Crippen MR) is 58.0 cm³/mol. The Kier molecular flexibility index (Phi) is 8.05. The Balaban J connectivity index is 3.49. The van der Waals surface area contributed by atoms with Crippen LogP contribution in [0, 0.1) is 5.92 Å². The van der Waals surface area contributed by atoms with E-state index < -0.39 is 0 Å². The van der Waals surface area contributed by atoms with E-state index in [4.69, 9.17) is 4.74 Å². The van der Waals surface area contributed by atoms with Gasteiger partial charge in [-0.05, 0) is 12.8 Å². The van der Waals surface area contributed by atoms with Gasteiger partial charge in [-0.25, -0.2) is 0 Å². The fraction of sp³-hybridized carbons (Fsp3) is 0.818. The summed E-state index contributed by atoms with van der Waals surface area (Å²) in [5, 5.41) is 3.32. The molecular formula is C11H23NO. The fourth-order valence-electron chi connectivity index (χ4n) is 1.12. The quantitative estimate of drug-likeness (QED) is 0.485. The van der Waals surface area contributed by atoms with Crippen molar-refractivity contribution in [1.29, 1.82) is 0 Å². The SMILES string of the molecule is CCC(C)/C=C(/C)CNCCOC. The second-order valence-corrected chi connectivity index (χ2v) is 3.57. The largest absolute Gasteiger partial charge is 0.383 e. The van der Waals surface area contributed by atoms with Gasteiger partial charge in [0.1, 0.15) is 0 Å². The highest BCUT2D eigenvalue weighted by molar-refractivity contribution is 5.01. The van der Waals surface area contributed by atoms with Crippen LogP contribution in [-0.4, -0.2) is 26.8 Å². The van der Waals surface area contributed by atoms with Gasteiger partial charge >= 0.3 is 0 Å². The van der Waals surface area contributed by atoms with Crippen molar-refractivity contribution in [3.8, 4) is 0 Å². The van der Waals surface area contributed by atoms with E-state index in [9.17, 15) is 0 Å². The number of hydrogen-bond donors (Lipinski definition) is 1. The molecule has 0 aliphatic carbocycles. The van der Waals surface area contributed by atoms with Crippen LogP contribution in [0.3, 0.4) is 0 Å². The number of ether oxygens (including phenoxy) is 1. The summed E-state index contributed by atoms with van der Waals surface area (Å²) in [6.45, 7) is 9.34. The molecule has 2 heteroatoms. The molecule has 0 aromatic carbocycles. The fourth-order valence-corrected chi connectivity index (χ4v) is 1.12. The summed E-state index contributed by atoms with van der Waals surface area (Å²) in [6.07, 6.45) is 3.55. The molecule has 1 atom stereocenters. The van der Waals surface area contributed by atoms with Gasteiger partial charge in [-0.3, -0.25) is 0 Å². The van der Waals surface area contributed by atoms with E-state index in [0.29, 0.717) is 5.92 Å². The lowest BCUT2D eigenvalue weighted by molar-refractivity contribution is 0.200. The molecule has 0 radical (unpaired) electrons. The molecular weight excluding hydrogens is 162 g/mol. The zero-order valence-electron chi connectivity index (χ0n) is 9.39. The number of hydrogen-bond acceptors (Lipinski definition) is 2. The lowest BCUT2D eigenvalue weighted by Crippen LogP contribution is -2.21. The van der Waals surface area contributed by atoms with Gasteiger partial charge in [-0.2, -0.15) is 0 Å². The van der Waals surface area contributed by atoms with Gasteiger partial charge in [0.15, 0.2) is 0 Å². The van der Waals surface area contributed by atoms with Crippen molar-refractivity contribution in [1.82, 2.24) is 5.32 Å². The normalized spacial score (nSPS) is 14.6. The molecule has 13 heavy (non-hydrogen) atoms. The van der Waals surface area contributed by atoms with Crippen LogP contribution in [0.15, 0.2) is 11.6 Å². The summed E-state index contributed by atoms with van der Waals surface area (Å²) in [7, 11) is 1.73. The van der Waals surface area contributed by atoms with Crippen LogP contribution >= 0.6 is 0 Å². The number of rotatable bonds is 7. The Hall–Kier alpha value is -0.340. The minimum Gasteiger partial charge on any atom is -0.383 e. The summed E-state index contributed by atoms with van der Waals surface area (Å²) >= 11 is 0. The van der Waals surface area contributed by atoms with Crippen molar-refractivity contribution in [3.05, 3.63) is 11.6 Å². The lowest BCUT2D eigenvalue weighted by Gasteiger charge is -2.07. The molecule has 0 aliphatic rings. The van der Waals surface area contributed by atoms with Crippen molar-refractivity contribution in [2.24, 2.45) is 5.92 Å². The predicted octanol–water partition coefficient (Wildman–Crippen LogP) is 2.21. The maximum atomic E-state index is 4.94. The van der Waals surface area contributed by atoms with E-state index in [1.54, 1.807) is 7.11 Å². The first kappa shape index (κ1) is 12.7. The van der Waals surface area contributed by atoms with Gasteiger partial charge in [0.2, 0.25) is 0 Å². The molecule has 0 aromatic heterocycles. The molecule has 0 saturated carbocycles. The van der Waals surface area contributed by atoms with Gasteiger partial charge < -0.3 is 10.1 Å². The van der Waals surface area contributed by atoms with Crippen LogP contribution in [0.2, 0.25) is 0 Å². The number of methoxy groups -OCH3 is 1. The first-order chi connectivity index (χ1) is 6.20. The van der Waals surface area contributed by atoms with E-state index in [1.165, 1.54) is 12.0 Å². The standard InChI is InChI=1S/C11H23NO/c1-5-10(2)8-11(3)9-12-6-7-13-4/h8,10,12H,5-7,9H2,1-4H3/b11-8-.